The minimum absolute atomic E-state index is 0.0358. The summed E-state index contributed by atoms with van der Waals surface area (Å²) in [6, 6.07) is 4.71. The van der Waals surface area contributed by atoms with Gasteiger partial charge in [-0.1, -0.05) is 19.3 Å². The molecule has 214 valence electrons. The van der Waals surface area contributed by atoms with Crippen LogP contribution in [0.15, 0.2) is 46.4 Å². The minimum atomic E-state index is -0.874. The number of anilines is 1. The summed E-state index contributed by atoms with van der Waals surface area (Å²) in [6.07, 6.45) is 6.96. The highest BCUT2D eigenvalue weighted by atomic mass is 32.2. The molecule has 15 heteroatoms. The summed E-state index contributed by atoms with van der Waals surface area (Å²) < 4.78 is 5.36. The molecule has 3 heterocycles. The van der Waals surface area contributed by atoms with Crippen molar-refractivity contribution in [3.05, 3.63) is 62.8 Å². The Kier molecular flexibility index (Phi) is 8.73. The Morgan fingerprint density at radius 2 is 1.98 bits per heavy atom. The molecule has 3 aliphatic rings. The molecule has 0 spiro atoms. The first-order valence-electron chi connectivity index (χ1n) is 13.0. The van der Waals surface area contributed by atoms with Crippen LogP contribution in [-0.4, -0.2) is 67.9 Å². The first-order valence-corrected chi connectivity index (χ1v) is 14.9. The summed E-state index contributed by atoms with van der Waals surface area (Å²) in [7, 11) is 0. The number of aliphatic imine (C=N–C) groups is 1. The number of thioether (sulfide) groups is 1. The third-order valence-electron chi connectivity index (χ3n) is 6.89. The van der Waals surface area contributed by atoms with E-state index in [4.69, 9.17) is 9.73 Å². The molecule has 2 N–H and O–H groups in total. The van der Waals surface area contributed by atoms with Crippen LogP contribution in [0.1, 0.15) is 43.4 Å². The summed E-state index contributed by atoms with van der Waals surface area (Å²) in [4.78, 5) is 70.9. The number of rotatable bonds is 10. The van der Waals surface area contributed by atoms with E-state index in [1.165, 1.54) is 52.3 Å². The number of nitrogens with zero attached hydrogens (tertiary/aromatic N) is 4. The average molecular weight is 599 g/mol. The van der Waals surface area contributed by atoms with Crippen molar-refractivity contribution >= 4 is 63.8 Å². The van der Waals surface area contributed by atoms with E-state index >= 15 is 0 Å². The van der Waals surface area contributed by atoms with Crippen LogP contribution in [0.2, 0.25) is 0 Å². The predicted molar refractivity (Wildman–Crippen MR) is 151 cm³/mol. The number of hydrogen-bond acceptors (Lipinski definition) is 11. The number of β-lactam (4-membered cyclic amide) rings is 1. The SMILES string of the molecule is O=CNc1nc(C(=NC2CCCCC2)C(=O)NC2C(=O)N3C(C(=O)OCc4ccc([N+](=O)[O-])cc4)=CCS[C@@H]23)cs1. The molecule has 2 fully saturated rings. The topological polar surface area (TPSA) is 173 Å². The second-order valence-corrected chi connectivity index (χ2v) is 11.5. The van der Waals surface area contributed by atoms with E-state index in [-0.39, 0.29) is 29.7 Å². The van der Waals surface area contributed by atoms with Crippen molar-refractivity contribution in [3.8, 4) is 0 Å². The van der Waals surface area contributed by atoms with E-state index in [1.54, 1.807) is 11.5 Å². The Morgan fingerprint density at radius 3 is 2.68 bits per heavy atom. The van der Waals surface area contributed by atoms with Crippen molar-refractivity contribution in [1.29, 1.82) is 0 Å². The van der Waals surface area contributed by atoms with Gasteiger partial charge < -0.3 is 15.4 Å². The van der Waals surface area contributed by atoms with Gasteiger partial charge in [-0.15, -0.1) is 23.1 Å². The second-order valence-electron chi connectivity index (χ2n) is 9.54. The number of nitro groups is 1. The van der Waals surface area contributed by atoms with Gasteiger partial charge in [-0.2, -0.15) is 0 Å². The van der Waals surface area contributed by atoms with Crippen LogP contribution in [0.5, 0.6) is 0 Å². The third kappa shape index (κ3) is 6.30. The number of non-ortho nitro benzene ring substituents is 1. The monoisotopic (exact) mass is 598 g/mol. The lowest BCUT2D eigenvalue weighted by Crippen LogP contribution is -2.70. The normalized spacial score (nSPS) is 20.8. The molecule has 1 saturated heterocycles. The first-order chi connectivity index (χ1) is 19.9. The number of hydrogen-bond donors (Lipinski definition) is 2. The Balaban J connectivity index is 1.25. The highest BCUT2D eigenvalue weighted by molar-refractivity contribution is 8.00. The molecule has 2 atom stereocenters. The molecule has 1 aromatic carbocycles. The number of carbonyl (C=O) groups excluding carboxylic acids is 4. The summed E-state index contributed by atoms with van der Waals surface area (Å²) in [6.45, 7) is -0.121. The zero-order chi connectivity index (χ0) is 28.9. The number of nitro benzene ring substituents is 1. The highest BCUT2D eigenvalue weighted by Crippen LogP contribution is 2.38. The van der Waals surface area contributed by atoms with Gasteiger partial charge in [0.15, 0.2) is 5.13 Å². The highest BCUT2D eigenvalue weighted by Gasteiger charge is 2.53. The maximum absolute atomic E-state index is 13.5. The Labute approximate surface area is 242 Å². The van der Waals surface area contributed by atoms with Crippen LogP contribution in [0.3, 0.4) is 0 Å². The van der Waals surface area contributed by atoms with Gasteiger partial charge in [-0.3, -0.25) is 34.4 Å². The maximum atomic E-state index is 13.5. The lowest BCUT2D eigenvalue weighted by molar-refractivity contribution is -0.384. The molecule has 1 aliphatic carbocycles. The van der Waals surface area contributed by atoms with E-state index in [2.05, 4.69) is 15.6 Å². The smallest absolute Gasteiger partial charge is 0.355 e. The average Bonchev–Trinajstić information content (AvgIpc) is 3.45. The number of benzene rings is 1. The molecule has 2 aromatic rings. The predicted octanol–water partition coefficient (Wildman–Crippen LogP) is 2.77. The van der Waals surface area contributed by atoms with Gasteiger partial charge in [0.1, 0.15) is 35.1 Å². The molecule has 2 aliphatic heterocycles. The van der Waals surface area contributed by atoms with Crippen LogP contribution < -0.4 is 10.6 Å². The number of nitrogens with one attached hydrogen (secondary N) is 2. The molecule has 1 unspecified atom stereocenters. The van der Waals surface area contributed by atoms with Gasteiger partial charge in [-0.25, -0.2) is 9.78 Å². The van der Waals surface area contributed by atoms with Crippen molar-refractivity contribution in [1.82, 2.24) is 15.2 Å². The largest absolute Gasteiger partial charge is 0.456 e. The zero-order valence-corrected chi connectivity index (χ0v) is 23.3. The minimum Gasteiger partial charge on any atom is -0.456 e. The van der Waals surface area contributed by atoms with E-state index in [1.807, 2.05) is 0 Å². The number of aromatic nitrogens is 1. The third-order valence-corrected chi connectivity index (χ3v) is 8.85. The summed E-state index contributed by atoms with van der Waals surface area (Å²) in [5, 5.41) is 17.6. The number of thiazole rings is 1. The fraction of sp³-hybridized carbons (Fsp3) is 0.385. The summed E-state index contributed by atoms with van der Waals surface area (Å²) >= 11 is 2.57. The number of amides is 3. The summed E-state index contributed by atoms with van der Waals surface area (Å²) in [5.74, 6) is -1.27. The molecule has 41 heavy (non-hydrogen) atoms. The van der Waals surface area contributed by atoms with Crippen molar-refractivity contribution in [2.75, 3.05) is 11.1 Å². The van der Waals surface area contributed by atoms with Crippen LogP contribution in [-0.2, 0) is 30.5 Å². The molecule has 1 saturated carbocycles. The lowest BCUT2D eigenvalue weighted by atomic mass is 9.96. The van der Waals surface area contributed by atoms with Crippen LogP contribution in [0, 0.1) is 10.1 Å². The van der Waals surface area contributed by atoms with Gasteiger partial charge in [0, 0.05) is 23.3 Å². The number of ether oxygens (including phenoxy) is 1. The van der Waals surface area contributed by atoms with E-state index in [0.717, 1.165) is 32.1 Å². The van der Waals surface area contributed by atoms with E-state index in [9.17, 15) is 29.3 Å². The zero-order valence-electron chi connectivity index (χ0n) is 21.7. The molecule has 3 amide bonds. The Hall–Kier alpha value is -4.11. The van der Waals surface area contributed by atoms with Gasteiger partial charge >= 0.3 is 5.97 Å². The van der Waals surface area contributed by atoms with Crippen LogP contribution in [0.4, 0.5) is 10.8 Å². The number of fused-ring (bicyclic) bond motifs is 1. The molecular weight excluding hydrogens is 572 g/mol. The van der Waals surface area contributed by atoms with E-state index in [0.29, 0.717) is 28.6 Å². The van der Waals surface area contributed by atoms with Gasteiger partial charge in [-0.05, 0) is 36.6 Å². The van der Waals surface area contributed by atoms with Crippen molar-refractivity contribution in [2.24, 2.45) is 4.99 Å². The fourth-order valence-corrected chi connectivity index (χ4v) is 6.66. The molecule has 0 bridgehead atoms. The maximum Gasteiger partial charge on any atom is 0.355 e. The van der Waals surface area contributed by atoms with Gasteiger partial charge in [0.05, 0.1) is 11.0 Å². The molecular formula is C26H26N6O7S2. The van der Waals surface area contributed by atoms with E-state index < -0.39 is 34.1 Å². The first kappa shape index (κ1) is 28.4. The quantitative estimate of drug-likeness (QED) is 0.104. The molecule has 1 aromatic heterocycles. The fourth-order valence-electron chi connectivity index (χ4n) is 4.81. The number of carbonyl (C=O) groups is 4. The van der Waals surface area contributed by atoms with Gasteiger partial charge in [0.25, 0.3) is 17.5 Å². The standard InChI is InChI=1S/C26H26N6O7S2/c33-14-27-26-29-18(13-41-26)20(28-16-4-2-1-3-5-16)22(34)30-21-23(35)31-19(10-11-40-24(21)31)25(36)39-12-15-6-8-17(9-7-15)32(37)38/h6-10,13-14,16,21,24H,1-5,11-12H2,(H,30,34)(H,27,29,33)/t21?,24-/m0/s1. The summed E-state index contributed by atoms with van der Waals surface area (Å²) in [5.41, 5.74) is 1.00. The van der Waals surface area contributed by atoms with Crippen molar-refractivity contribution < 1.29 is 28.8 Å². The molecule has 0 radical (unpaired) electrons. The Morgan fingerprint density at radius 1 is 1.22 bits per heavy atom. The second kappa shape index (κ2) is 12.6. The number of esters is 1. The van der Waals surface area contributed by atoms with Gasteiger partial charge in [0.2, 0.25) is 6.41 Å². The molecule has 5 rings (SSSR count). The Bertz CT molecular complexity index is 1420. The van der Waals surface area contributed by atoms with Crippen LogP contribution >= 0.6 is 23.1 Å². The van der Waals surface area contributed by atoms with Crippen molar-refractivity contribution in [2.45, 2.75) is 56.2 Å². The lowest BCUT2D eigenvalue weighted by Gasteiger charge is -2.48. The van der Waals surface area contributed by atoms with Crippen LogP contribution in [0.25, 0.3) is 0 Å². The molecule has 13 nitrogen and oxygen atoms in total. The van der Waals surface area contributed by atoms with Crippen molar-refractivity contribution in [3.63, 3.8) is 0 Å².